The summed E-state index contributed by atoms with van der Waals surface area (Å²) < 4.78 is 6.51. The number of rotatable bonds is 5. The number of benzene rings is 1. The first kappa shape index (κ1) is 18.8. The fraction of sp³-hybridized carbons (Fsp3) is 0.444. The zero-order chi connectivity index (χ0) is 19.6. The molecule has 2 heterocycles. The maximum atomic E-state index is 12.4. The Morgan fingerprint density at radius 1 is 1.26 bits per heavy atom. The SMILES string of the molecule is CN(C)C(=O)C1CCC(CNC(=O)Cn2c(=O)[nH]c3ccccc3c2=O)O1. The van der Waals surface area contributed by atoms with Gasteiger partial charge in [0, 0.05) is 20.6 Å². The van der Waals surface area contributed by atoms with E-state index in [4.69, 9.17) is 4.74 Å². The molecule has 2 aromatic rings. The van der Waals surface area contributed by atoms with Crippen LogP contribution in [0.15, 0.2) is 33.9 Å². The molecule has 1 fully saturated rings. The normalized spacial score (nSPS) is 19.2. The maximum Gasteiger partial charge on any atom is 0.329 e. The van der Waals surface area contributed by atoms with Crippen LogP contribution >= 0.6 is 0 Å². The number of H-pyrrole nitrogens is 1. The smallest absolute Gasteiger partial charge is 0.329 e. The van der Waals surface area contributed by atoms with Crippen molar-refractivity contribution in [3.63, 3.8) is 0 Å². The van der Waals surface area contributed by atoms with Crippen molar-refractivity contribution in [3.8, 4) is 0 Å². The van der Waals surface area contributed by atoms with Crippen LogP contribution in [0.3, 0.4) is 0 Å². The zero-order valence-electron chi connectivity index (χ0n) is 15.2. The summed E-state index contributed by atoms with van der Waals surface area (Å²) in [5.41, 5.74) is -0.721. The highest BCUT2D eigenvalue weighted by Gasteiger charge is 2.31. The van der Waals surface area contributed by atoms with Gasteiger partial charge in [0.05, 0.1) is 17.0 Å². The molecular weight excluding hydrogens is 352 g/mol. The number of nitrogens with one attached hydrogen (secondary N) is 2. The molecular formula is C18H22N4O5. The molecule has 2 unspecified atom stereocenters. The standard InChI is InChI=1S/C18H22N4O5/c1-21(2)17(25)14-8-7-11(27-14)9-19-15(23)10-22-16(24)12-5-3-4-6-13(12)20-18(22)26/h3-6,11,14H,7-10H2,1-2H3,(H,19,23)(H,20,26). The molecule has 2 amide bonds. The van der Waals surface area contributed by atoms with Gasteiger partial charge in [-0.1, -0.05) is 12.1 Å². The minimum Gasteiger partial charge on any atom is -0.363 e. The van der Waals surface area contributed by atoms with Crippen LogP contribution in [-0.4, -0.2) is 59.1 Å². The Kier molecular flexibility index (Phi) is 5.41. The van der Waals surface area contributed by atoms with Crippen LogP contribution in [0.25, 0.3) is 10.9 Å². The third-order valence-corrected chi connectivity index (χ3v) is 4.54. The molecule has 0 bridgehead atoms. The number of ether oxygens (including phenoxy) is 1. The van der Waals surface area contributed by atoms with E-state index >= 15 is 0 Å². The van der Waals surface area contributed by atoms with Gasteiger partial charge in [-0.2, -0.15) is 0 Å². The number of carbonyl (C=O) groups excluding carboxylic acids is 2. The lowest BCUT2D eigenvalue weighted by Crippen LogP contribution is -2.42. The van der Waals surface area contributed by atoms with Gasteiger partial charge in [0.25, 0.3) is 11.5 Å². The second kappa shape index (κ2) is 7.75. The van der Waals surface area contributed by atoms with E-state index in [1.165, 1.54) is 4.90 Å². The molecule has 1 saturated heterocycles. The summed E-state index contributed by atoms with van der Waals surface area (Å²) in [4.78, 5) is 52.7. The first-order chi connectivity index (χ1) is 12.9. The maximum absolute atomic E-state index is 12.4. The Morgan fingerprint density at radius 3 is 2.74 bits per heavy atom. The molecule has 1 aromatic carbocycles. The van der Waals surface area contributed by atoms with Crippen LogP contribution in [0.1, 0.15) is 12.8 Å². The monoisotopic (exact) mass is 374 g/mol. The first-order valence-electron chi connectivity index (χ1n) is 8.72. The quantitative estimate of drug-likeness (QED) is 0.728. The Morgan fingerprint density at radius 2 is 2.00 bits per heavy atom. The number of nitrogens with zero attached hydrogens (tertiary/aromatic N) is 2. The number of aromatic nitrogens is 2. The third kappa shape index (κ3) is 4.08. The highest BCUT2D eigenvalue weighted by Crippen LogP contribution is 2.20. The van der Waals surface area contributed by atoms with E-state index in [1.807, 2.05) is 0 Å². The van der Waals surface area contributed by atoms with Gasteiger partial charge in [-0.05, 0) is 25.0 Å². The highest BCUT2D eigenvalue weighted by molar-refractivity contribution is 5.81. The summed E-state index contributed by atoms with van der Waals surface area (Å²) in [5.74, 6) is -0.568. The molecule has 2 atom stereocenters. The van der Waals surface area contributed by atoms with Gasteiger partial charge in [0.1, 0.15) is 12.6 Å². The van der Waals surface area contributed by atoms with E-state index in [1.54, 1.807) is 38.4 Å². The van der Waals surface area contributed by atoms with Crippen molar-refractivity contribution < 1.29 is 14.3 Å². The molecule has 144 valence electrons. The molecule has 0 saturated carbocycles. The van der Waals surface area contributed by atoms with E-state index in [0.717, 1.165) is 4.57 Å². The first-order valence-corrected chi connectivity index (χ1v) is 8.72. The summed E-state index contributed by atoms with van der Waals surface area (Å²) >= 11 is 0. The average Bonchev–Trinajstić information content (AvgIpc) is 3.11. The predicted octanol–water partition coefficient (Wildman–Crippen LogP) is -0.558. The van der Waals surface area contributed by atoms with Crippen LogP contribution in [-0.2, 0) is 20.9 Å². The van der Waals surface area contributed by atoms with Crippen LogP contribution in [0.2, 0.25) is 0 Å². The lowest BCUT2D eigenvalue weighted by atomic mass is 10.2. The topological polar surface area (TPSA) is 113 Å². The minimum absolute atomic E-state index is 0.0990. The lowest BCUT2D eigenvalue weighted by molar-refractivity contribution is -0.140. The van der Waals surface area contributed by atoms with E-state index in [9.17, 15) is 19.2 Å². The summed E-state index contributed by atoms with van der Waals surface area (Å²) in [7, 11) is 3.33. The molecule has 27 heavy (non-hydrogen) atoms. The summed E-state index contributed by atoms with van der Waals surface area (Å²) in [6.45, 7) is -0.165. The largest absolute Gasteiger partial charge is 0.363 e. The minimum atomic E-state index is -0.636. The fourth-order valence-corrected chi connectivity index (χ4v) is 3.10. The van der Waals surface area contributed by atoms with Gasteiger partial charge in [0.15, 0.2) is 0 Å². The van der Waals surface area contributed by atoms with Crippen molar-refractivity contribution in [2.75, 3.05) is 20.6 Å². The summed E-state index contributed by atoms with van der Waals surface area (Å²) in [6, 6.07) is 6.63. The Balaban J connectivity index is 1.61. The van der Waals surface area contributed by atoms with Crippen molar-refractivity contribution in [3.05, 3.63) is 45.1 Å². The van der Waals surface area contributed by atoms with E-state index in [2.05, 4.69) is 10.3 Å². The summed E-state index contributed by atoms with van der Waals surface area (Å²) in [6.07, 6.45) is 0.491. The van der Waals surface area contributed by atoms with Crippen LogP contribution in [0.5, 0.6) is 0 Å². The fourth-order valence-electron chi connectivity index (χ4n) is 3.10. The Bertz CT molecular complexity index is 978. The van der Waals surface area contributed by atoms with Gasteiger partial charge < -0.3 is 19.9 Å². The van der Waals surface area contributed by atoms with Gasteiger partial charge in [-0.3, -0.25) is 19.0 Å². The van der Waals surface area contributed by atoms with E-state index in [0.29, 0.717) is 23.7 Å². The van der Waals surface area contributed by atoms with Crippen LogP contribution < -0.4 is 16.6 Å². The van der Waals surface area contributed by atoms with Crippen LogP contribution in [0, 0.1) is 0 Å². The number of amides is 2. The molecule has 9 heteroatoms. The molecule has 0 aliphatic carbocycles. The number of carbonyl (C=O) groups is 2. The molecule has 1 aliphatic rings. The van der Waals surface area contributed by atoms with E-state index < -0.39 is 23.3 Å². The summed E-state index contributed by atoms with van der Waals surface area (Å²) in [5, 5.41) is 3.00. The molecule has 1 aromatic heterocycles. The van der Waals surface area contributed by atoms with Crippen molar-refractivity contribution in [2.24, 2.45) is 0 Å². The average molecular weight is 374 g/mol. The number of likely N-dealkylation sites (N-methyl/N-ethyl adjacent to an activating group) is 1. The third-order valence-electron chi connectivity index (χ3n) is 4.54. The van der Waals surface area contributed by atoms with E-state index in [-0.39, 0.29) is 25.1 Å². The molecule has 2 N–H and O–H groups in total. The van der Waals surface area contributed by atoms with Gasteiger partial charge in [-0.25, -0.2) is 4.79 Å². The molecule has 9 nitrogen and oxygen atoms in total. The number of hydrogen-bond donors (Lipinski definition) is 2. The number of aromatic amines is 1. The Labute approximate surface area is 154 Å². The van der Waals surface area contributed by atoms with Gasteiger partial charge in [0.2, 0.25) is 5.91 Å². The van der Waals surface area contributed by atoms with Crippen molar-refractivity contribution >= 4 is 22.7 Å². The van der Waals surface area contributed by atoms with Gasteiger partial charge >= 0.3 is 5.69 Å². The molecule has 1 aliphatic heterocycles. The number of para-hydroxylation sites is 1. The van der Waals surface area contributed by atoms with Crippen molar-refractivity contribution in [2.45, 2.75) is 31.6 Å². The highest BCUT2D eigenvalue weighted by atomic mass is 16.5. The number of hydrogen-bond acceptors (Lipinski definition) is 5. The second-order valence-electron chi connectivity index (χ2n) is 6.73. The van der Waals surface area contributed by atoms with Crippen LogP contribution in [0.4, 0.5) is 0 Å². The van der Waals surface area contributed by atoms with Crippen molar-refractivity contribution in [1.82, 2.24) is 19.8 Å². The molecule has 0 spiro atoms. The second-order valence-corrected chi connectivity index (χ2v) is 6.73. The van der Waals surface area contributed by atoms with Crippen molar-refractivity contribution in [1.29, 1.82) is 0 Å². The predicted molar refractivity (Wildman–Crippen MR) is 98.4 cm³/mol. The van der Waals surface area contributed by atoms with Gasteiger partial charge in [-0.15, -0.1) is 0 Å². The molecule has 3 rings (SSSR count). The zero-order valence-corrected chi connectivity index (χ0v) is 15.2. The number of fused-ring (bicyclic) bond motifs is 1. The lowest BCUT2D eigenvalue weighted by Gasteiger charge is -2.17. The molecule has 0 radical (unpaired) electrons. The Hall–Kier alpha value is -2.94.